The van der Waals surface area contributed by atoms with Gasteiger partial charge in [0.2, 0.25) is 0 Å². The molecule has 0 saturated carbocycles. The highest BCUT2D eigenvalue weighted by Crippen LogP contribution is 2.10. The van der Waals surface area contributed by atoms with E-state index in [2.05, 4.69) is 15.6 Å². The summed E-state index contributed by atoms with van der Waals surface area (Å²) in [5.74, 6) is 0.388. The summed E-state index contributed by atoms with van der Waals surface area (Å²) in [6, 6.07) is 9.42. The number of carbonyl (C=O) groups is 1. The van der Waals surface area contributed by atoms with E-state index in [4.69, 9.17) is 12.2 Å². The maximum atomic E-state index is 12.2. The highest BCUT2D eigenvalue weighted by atomic mass is 32.1. The first-order chi connectivity index (χ1) is 9.95. The van der Waals surface area contributed by atoms with Crippen LogP contribution in [0, 0.1) is 20.8 Å². The lowest BCUT2D eigenvalue weighted by atomic mass is 10.1. The molecule has 0 radical (unpaired) electrons. The number of carbonyl (C=O) groups excluding carboxylic acids is 1. The van der Waals surface area contributed by atoms with Crippen molar-refractivity contribution in [1.82, 2.24) is 10.3 Å². The molecule has 0 atom stereocenters. The summed E-state index contributed by atoms with van der Waals surface area (Å²) in [5.41, 5.74) is 3.72. The van der Waals surface area contributed by atoms with Crippen LogP contribution >= 0.6 is 12.2 Å². The molecule has 0 fully saturated rings. The maximum absolute atomic E-state index is 12.2. The average Bonchev–Trinajstić information content (AvgIpc) is 2.38. The molecule has 5 heteroatoms. The number of hydrogen-bond donors (Lipinski definition) is 2. The van der Waals surface area contributed by atoms with Gasteiger partial charge in [0, 0.05) is 11.8 Å². The lowest BCUT2D eigenvalue weighted by molar-refractivity contribution is 0.0977. The van der Waals surface area contributed by atoms with Gasteiger partial charge in [-0.15, -0.1) is 0 Å². The Morgan fingerprint density at radius 1 is 1.10 bits per heavy atom. The smallest absolute Gasteiger partial charge is 0.257 e. The van der Waals surface area contributed by atoms with Gasteiger partial charge in [-0.1, -0.05) is 17.7 Å². The number of aryl methyl sites for hydroxylation is 3. The Kier molecular flexibility index (Phi) is 4.65. The van der Waals surface area contributed by atoms with Gasteiger partial charge < -0.3 is 5.32 Å². The Balaban J connectivity index is 2.04. The number of nitrogens with one attached hydrogen (secondary N) is 2. The van der Waals surface area contributed by atoms with Crippen LogP contribution in [0.25, 0.3) is 0 Å². The van der Waals surface area contributed by atoms with Gasteiger partial charge in [-0.3, -0.25) is 10.1 Å². The molecule has 0 bridgehead atoms. The second kappa shape index (κ2) is 6.45. The molecule has 0 aliphatic rings. The minimum Gasteiger partial charge on any atom is -0.317 e. The third kappa shape index (κ3) is 4.10. The summed E-state index contributed by atoms with van der Waals surface area (Å²) in [6.07, 6.45) is 1.69. The maximum Gasteiger partial charge on any atom is 0.257 e. The van der Waals surface area contributed by atoms with E-state index in [1.54, 1.807) is 12.3 Å². The summed E-state index contributed by atoms with van der Waals surface area (Å²) in [6.45, 7) is 5.86. The molecular weight excluding hydrogens is 282 g/mol. The monoisotopic (exact) mass is 299 g/mol. The first-order valence-electron chi connectivity index (χ1n) is 6.58. The molecule has 2 N–H and O–H groups in total. The van der Waals surface area contributed by atoms with E-state index in [0.717, 1.165) is 16.7 Å². The van der Waals surface area contributed by atoms with Crippen molar-refractivity contribution in [1.29, 1.82) is 0 Å². The molecule has 4 nitrogen and oxygen atoms in total. The summed E-state index contributed by atoms with van der Waals surface area (Å²) >= 11 is 5.14. The number of benzene rings is 1. The third-order valence-corrected chi connectivity index (χ3v) is 3.21. The van der Waals surface area contributed by atoms with Gasteiger partial charge in [0.15, 0.2) is 5.11 Å². The van der Waals surface area contributed by atoms with Crippen LogP contribution in [-0.4, -0.2) is 16.0 Å². The first-order valence-corrected chi connectivity index (χ1v) is 6.99. The molecule has 0 saturated heterocycles. The standard InChI is InChI=1S/C16H17N3OS/c1-10-4-5-13(12(3)8-10)15(20)19-16(21)18-14-9-11(2)6-7-17-14/h4-9H,1-3H3,(H2,17,18,19,20,21). The van der Waals surface area contributed by atoms with Gasteiger partial charge in [0.1, 0.15) is 5.82 Å². The van der Waals surface area contributed by atoms with Crippen LogP contribution in [0.5, 0.6) is 0 Å². The van der Waals surface area contributed by atoms with Crippen molar-refractivity contribution in [3.63, 3.8) is 0 Å². The number of aromatic nitrogens is 1. The number of amides is 1. The number of rotatable bonds is 2. The first kappa shape index (κ1) is 15.1. The normalized spacial score (nSPS) is 10.0. The fourth-order valence-corrected chi connectivity index (χ4v) is 2.19. The second-order valence-electron chi connectivity index (χ2n) is 4.95. The van der Waals surface area contributed by atoms with Crippen molar-refractivity contribution in [3.8, 4) is 0 Å². The molecule has 1 aromatic heterocycles. The summed E-state index contributed by atoms with van der Waals surface area (Å²) in [7, 11) is 0. The highest BCUT2D eigenvalue weighted by molar-refractivity contribution is 7.80. The number of pyridine rings is 1. The van der Waals surface area contributed by atoms with E-state index in [9.17, 15) is 4.79 Å². The lowest BCUT2D eigenvalue weighted by Gasteiger charge is -2.11. The van der Waals surface area contributed by atoms with Crippen molar-refractivity contribution in [2.45, 2.75) is 20.8 Å². The quantitative estimate of drug-likeness (QED) is 0.837. The predicted molar refractivity (Wildman–Crippen MR) is 88.6 cm³/mol. The van der Waals surface area contributed by atoms with Gasteiger partial charge in [0.25, 0.3) is 5.91 Å². The van der Waals surface area contributed by atoms with Crippen LogP contribution in [0.2, 0.25) is 0 Å². The fraction of sp³-hybridized carbons (Fsp3) is 0.188. The SMILES string of the molecule is Cc1ccnc(NC(=S)NC(=O)c2ccc(C)cc2C)c1. The Hall–Kier alpha value is -2.27. The number of thiocarbonyl (C=S) groups is 1. The molecule has 0 aliphatic carbocycles. The van der Waals surface area contributed by atoms with Crippen LogP contribution in [0.4, 0.5) is 5.82 Å². The van der Waals surface area contributed by atoms with E-state index in [0.29, 0.717) is 11.4 Å². The molecule has 0 aliphatic heterocycles. The van der Waals surface area contributed by atoms with Crippen LogP contribution in [0.1, 0.15) is 27.0 Å². The number of nitrogens with zero attached hydrogens (tertiary/aromatic N) is 1. The molecule has 108 valence electrons. The van der Waals surface area contributed by atoms with E-state index in [1.807, 2.05) is 45.0 Å². The van der Waals surface area contributed by atoms with Crippen molar-refractivity contribution < 1.29 is 4.79 Å². The van der Waals surface area contributed by atoms with Crippen molar-refractivity contribution >= 4 is 29.1 Å². The predicted octanol–water partition coefficient (Wildman–Crippen LogP) is 3.13. The minimum absolute atomic E-state index is 0.224. The molecule has 2 rings (SSSR count). The largest absolute Gasteiger partial charge is 0.317 e. The molecule has 1 aromatic carbocycles. The zero-order valence-corrected chi connectivity index (χ0v) is 13.0. The van der Waals surface area contributed by atoms with Crippen molar-refractivity contribution in [2.24, 2.45) is 0 Å². The molecule has 1 heterocycles. The van der Waals surface area contributed by atoms with Crippen LogP contribution in [0.3, 0.4) is 0 Å². The highest BCUT2D eigenvalue weighted by Gasteiger charge is 2.11. The molecule has 1 amide bonds. The third-order valence-electron chi connectivity index (χ3n) is 3.01. The van der Waals surface area contributed by atoms with Gasteiger partial charge in [-0.25, -0.2) is 4.98 Å². The van der Waals surface area contributed by atoms with E-state index >= 15 is 0 Å². The molecule has 2 aromatic rings. The Morgan fingerprint density at radius 3 is 2.48 bits per heavy atom. The minimum atomic E-state index is -0.224. The molecule has 21 heavy (non-hydrogen) atoms. The average molecular weight is 299 g/mol. The summed E-state index contributed by atoms with van der Waals surface area (Å²) < 4.78 is 0. The van der Waals surface area contributed by atoms with Gasteiger partial charge >= 0.3 is 0 Å². The lowest BCUT2D eigenvalue weighted by Crippen LogP contribution is -2.34. The molecule has 0 unspecified atom stereocenters. The van der Waals surface area contributed by atoms with Crippen LogP contribution in [0.15, 0.2) is 36.5 Å². The zero-order chi connectivity index (χ0) is 15.4. The van der Waals surface area contributed by atoms with Crippen LogP contribution < -0.4 is 10.6 Å². The van der Waals surface area contributed by atoms with Gasteiger partial charge in [-0.2, -0.15) is 0 Å². The summed E-state index contributed by atoms with van der Waals surface area (Å²) in [4.78, 5) is 16.3. The van der Waals surface area contributed by atoms with E-state index in [1.165, 1.54) is 0 Å². The Labute approximate surface area is 129 Å². The van der Waals surface area contributed by atoms with E-state index < -0.39 is 0 Å². The number of anilines is 1. The second-order valence-corrected chi connectivity index (χ2v) is 5.35. The van der Waals surface area contributed by atoms with E-state index in [-0.39, 0.29) is 11.0 Å². The van der Waals surface area contributed by atoms with Crippen LogP contribution in [-0.2, 0) is 0 Å². The van der Waals surface area contributed by atoms with Gasteiger partial charge in [0.05, 0.1) is 0 Å². The Morgan fingerprint density at radius 2 is 1.81 bits per heavy atom. The number of hydrogen-bond acceptors (Lipinski definition) is 3. The fourth-order valence-electron chi connectivity index (χ4n) is 1.99. The topological polar surface area (TPSA) is 54.0 Å². The summed E-state index contributed by atoms with van der Waals surface area (Å²) in [5, 5.41) is 5.80. The Bertz CT molecular complexity index is 698. The molecule has 0 spiro atoms. The molecular formula is C16H17N3OS. The van der Waals surface area contributed by atoms with Crippen molar-refractivity contribution in [2.75, 3.05) is 5.32 Å². The van der Waals surface area contributed by atoms with Crippen molar-refractivity contribution in [3.05, 3.63) is 58.8 Å². The zero-order valence-electron chi connectivity index (χ0n) is 12.2. The van der Waals surface area contributed by atoms with Gasteiger partial charge in [-0.05, 0) is 62.3 Å².